The van der Waals surface area contributed by atoms with Crippen LogP contribution in [0.4, 0.5) is 0 Å². The molecular weight excluding hydrogens is 272 g/mol. The first-order valence-electron chi connectivity index (χ1n) is 6.95. The first-order chi connectivity index (χ1) is 9.95. The second-order valence-corrected chi connectivity index (χ2v) is 5.26. The van der Waals surface area contributed by atoms with Crippen molar-refractivity contribution in [3.63, 3.8) is 0 Å². The van der Waals surface area contributed by atoms with Crippen molar-refractivity contribution in [3.8, 4) is 0 Å². The largest absolute Gasteiger partial charge is 0.456 e. The van der Waals surface area contributed by atoms with Crippen molar-refractivity contribution >= 4 is 5.97 Å². The van der Waals surface area contributed by atoms with E-state index in [9.17, 15) is 4.79 Å². The Morgan fingerprint density at radius 1 is 1.43 bits per heavy atom. The van der Waals surface area contributed by atoms with Gasteiger partial charge in [0, 0.05) is 11.6 Å². The summed E-state index contributed by atoms with van der Waals surface area (Å²) in [6.07, 6.45) is 0.257. The Hall–Kier alpha value is -2.18. The second-order valence-electron chi connectivity index (χ2n) is 5.26. The van der Waals surface area contributed by atoms with E-state index in [0.29, 0.717) is 18.3 Å². The van der Waals surface area contributed by atoms with Gasteiger partial charge in [-0.3, -0.25) is 9.48 Å². The number of hydrogen-bond acceptors (Lipinski definition) is 6. The van der Waals surface area contributed by atoms with Gasteiger partial charge in [0.1, 0.15) is 0 Å². The molecule has 0 bridgehead atoms. The van der Waals surface area contributed by atoms with Crippen LogP contribution >= 0.6 is 0 Å². The van der Waals surface area contributed by atoms with Crippen LogP contribution < -0.4 is 0 Å². The molecule has 0 aromatic carbocycles. The van der Waals surface area contributed by atoms with E-state index >= 15 is 0 Å². The third-order valence-electron chi connectivity index (χ3n) is 2.99. The van der Waals surface area contributed by atoms with E-state index in [1.54, 1.807) is 4.68 Å². The molecule has 0 amide bonds. The molecule has 7 nitrogen and oxygen atoms in total. The summed E-state index contributed by atoms with van der Waals surface area (Å²) in [5.74, 6) is 0.804. The van der Waals surface area contributed by atoms with Gasteiger partial charge in [-0.2, -0.15) is 10.1 Å². The van der Waals surface area contributed by atoms with Gasteiger partial charge in [0.05, 0.1) is 18.7 Å². The van der Waals surface area contributed by atoms with Gasteiger partial charge in [-0.25, -0.2) is 0 Å². The Morgan fingerprint density at radius 2 is 2.19 bits per heavy atom. The first kappa shape index (κ1) is 15.2. The minimum atomic E-state index is -0.313. The Balaban J connectivity index is 1.78. The molecule has 0 saturated heterocycles. The highest BCUT2D eigenvalue weighted by molar-refractivity contribution is 5.69. The fraction of sp³-hybridized carbons (Fsp3) is 0.571. The fourth-order valence-electron chi connectivity index (χ4n) is 1.87. The smallest absolute Gasteiger partial charge is 0.308 e. The zero-order chi connectivity index (χ0) is 15.4. The maximum Gasteiger partial charge on any atom is 0.308 e. The van der Waals surface area contributed by atoms with E-state index in [1.165, 1.54) is 0 Å². The Bertz CT molecular complexity index is 616. The van der Waals surface area contributed by atoms with Crippen molar-refractivity contribution in [2.24, 2.45) is 0 Å². The van der Waals surface area contributed by atoms with E-state index in [-0.39, 0.29) is 24.9 Å². The summed E-state index contributed by atoms with van der Waals surface area (Å²) in [4.78, 5) is 15.8. The van der Waals surface area contributed by atoms with Crippen LogP contribution in [0.5, 0.6) is 0 Å². The molecule has 2 aromatic rings. The van der Waals surface area contributed by atoms with Crippen molar-refractivity contribution in [2.75, 3.05) is 0 Å². The summed E-state index contributed by atoms with van der Waals surface area (Å²) in [5.41, 5.74) is 1.96. The minimum Gasteiger partial charge on any atom is -0.456 e. The van der Waals surface area contributed by atoms with Gasteiger partial charge in [0.2, 0.25) is 0 Å². The molecule has 0 atom stereocenters. The molecule has 2 heterocycles. The molecule has 114 valence electrons. The van der Waals surface area contributed by atoms with Crippen LogP contribution in [0, 0.1) is 13.8 Å². The van der Waals surface area contributed by atoms with Gasteiger partial charge in [-0.15, -0.1) is 0 Å². The van der Waals surface area contributed by atoms with Crippen molar-refractivity contribution in [1.29, 1.82) is 0 Å². The second kappa shape index (κ2) is 6.51. The first-order valence-corrected chi connectivity index (χ1v) is 6.95. The molecule has 0 saturated carbocycles. The van der Waals surface area contributed by atoms with E-state index in [1.807, 2.05) is 33.8 Å². The van der Waals surface area contributed by atoms with Crippen molar-refractivity contribution < 1.29 is 14.1 Å². The van der Waals surface area contributed by atoms with Crippen LogP contribution in [0.15, 0.2) is 10.6 Å². The van der Waals surface area contributed by atoms with E-state index in [2.05, 4.69) is 15.2 Å². The number of hydrogen-bond donors (Lipinski definition) is 0. The average Bonchev–Trinajstić information content (AvgIpc) is 3.01. The molecule has 0 aliphatic carbocycles. The molecule has 7 heteroatoms. The summed E-state index contributed by atoms with van der Waals surface area (Å²) >= 11 is 0. The number of esters is 1. The Labute approximate surface area is 123 Å². The summed E-state index contributed by atoms with van der Waals surface area (Å²) in [7, 11) is 0. The Kier molecular flexibility index (Phi) is 4.72. The molecule has 0 radical (unpaired) electrons. The molecule has 0 aliphatic heterocycles. The fourth-order valence-corrected chi connectivity index (χ4v) is 1.87. The lowest BCUT2D eigenvalue weighted by Crippen LogP contribution is -2.11. The molecule has 21 heavy (non-hydrogen) atoms. The number of aryl methyl sites for hydroxylation is 3. The molecule has 0 aliphatic rings. The monoisotopic (exact) mass is 292 g/mol. The topological polar surface area (TPSA) is 83.0 Å². The van der Waals surface area contributed by atoms with Gasteiger partial charge >= 0.3 is 5.97 Å². The lowest BCUT2D eigenvalue weighted by atomic mass is 10.2. The van der Waals surface area contributed by atoms with Crippen LogP contribution in [-0.2, 0) is 22.7 Å². The number of carbonyl (C=O) groups excluding carboxylic acids is 1. The normalized spacial score (nSPS) is 11.1. The third-order valence-corrected chi connectivity index (χ3v) is 2.99. The van der Waals surface area contributed by atoms with Crippen LogP contribution in [0.2, 0.25) is 0 Å². The summed E-state index contributed by atoms with van der Waals surface area (Å²) in [6, 6.07) is 1.97. The van der Waals surface area contributed by atoms with E-state index in [0.717, 1.165) is 11.4 Å². The SMILES string of the molecule is Cc1cc(C)n(CCC(=O)OCc2nc(C(C)C)no2)n1. The highest BCUT2D eigenvalue weighted by atomic mass is 16.6. The third kappa shape index (κ3) is 4.14. The summed E-state index contributed by atoms with van der Waals surface area (Å²) in [6.45, 7) is 8.32. The van der Waals surface area contributed by atoms with Crippen LogP contribution in [0.3, 0.4) is 0 Å². The number of nitrogens with zero attached hydrogens (tertiary/aromatic N) is 4. The van der Waals surface area contributed by atoms with Gasteiger partial charge in [0.15, 0.2) is 12.4 Å². The molecule has 2 rings (SSSR count). The van der Waals surface area contributed by atoms with E-state index in [4.69, 9.17) is 9.26 Å². The van der Waals surface area contributed by atoms with Crippen molar-refractivity contribution in [2.45, 2.75) is 53.2 Å². The number of carbonyl (C=O) groups is 1. The van der Waals surface area contributed by atoms with Crippen LogP contribution in [0.25, 0.3) is 0 Å². The van der Waals surface area contributed by atoms with Gasteiger partial charge in [-0.05, 0) is 19.9 Å². The molecule has 0 fully saturated rings. The van der Waals surface area contributed by atoms with Gasteiger partial charge < -0.3 is 9.26 Å². The lowest BCUT2D eigenvalue weighted by molar-refractivity contribution is -0.146. The van der Waals surface area contributed by atoms with E-state index < -0.39 is 0 Å². The summed E-state index contributed by atoms with van der Waals surface area (Å²) in [5, 5.41) is 8.10. The molecule has 0 unspecified atom stereocenters. The molecule has 2 aromatic heterocycles. The lowest BCUT2D eigenvalue weighted by Gasteiger charge is -2.04. The predicted octanol–water partition coefficient (Wildman–Crippen LogP) is 2.14. The van der Waals surface area contributed by atoms with Crippen LogP contribution in [0.1, 0.15) is 49.3 Å². The predicted molar refractivity (Wildman–Crippen MR) is 74.5 cm³/mol. The number of rotatable bonds is 6. The highest BCUT2D eigenvalue weighted by Crippen LogP contribution is 2.10. The molecule has 0 N–H and O–H groups in total. The highest BCUT2D eigenvalue weighted by Gasteiger charge is 2.12. The molecule has 0 spiro atoms. The van der Waals surface area contributed by atoms with Gasteiger partial charge in [-0.1, -0.05) is 19.0 Å². The van der Waals surface area contributed by atoms with Gasteiger partial charge in [0.25, 0.3) is 5.89 Å². The van der Waals surface area contributed by atoms with Crippen molar-refractivity contribution in [1.82, 2.24) is 19.9 Å². The van der Waals surface area contributed by atoms with Crippen molar-refractivity contribution in [3.05, 3.63) is 29.2 Å². The maximum absolute atomic E-state index is 11.7. The zero-order valence-electron chi connectivity index (χ0n) is 12.8. The summed E-state index contributed by atoms with van der Waals surface area (Å²) < 4.78 is 11.9. The molecular formula is C14H20N4O3. The van der Waals surface area contributed by atoms with Crippen LogP contribution in [-0.4, -0.2) is 25.9 Å². The maximum atomic E-state index is 11.7. The zero-order valence-corrected chi connectivity index (χ0v) is 12.8. The number of aromatic nitrogens is 4. The quantitative estimate of drug-likeness (QED) is 0.758. The average molecular weight is 292 g/mol. The number of ether oxygens (including phenoxy) is 1. The minimum absolute atomic E-state index is 0.00959. The standard InChI is InChI=1S/C14H20N4O3/c1-9(2)14-15-12(21-17-14)8-20-13(19)5-6-18-11(4)7-10(3)16-18/h7,9H,5-6,8H2,1-4H3. The Morgan fingerprint density at radius 3 is 2.76 bits per heavy atom.